The second-order valence-corrected chi connectivity index (χ2v) is 4.51. The van der Waals surface area contributed by atoms with Gasteiger partial charge in [0.05, 0.1) is 12.7 Å². The maximum atomic E-state index is 5.53. The first-order chi connectivity index (χ1) is 8.19. The third kappa shape index (κ3) is 2.94. The van der Waals surface area contributed by atoms with Crippen molar-refractivity contribution in [3.63, 3.8) is 0 Å². The fourth-order valence-electron chi connectivity index (χ4n) is 1.93. The van der Waals surface area contributed by atoms with E-state index in [0.717, 1.165) is 13.0 Å². The SMILES string of the molecule is Cc1ccc(C)c(Cn2cc(CCN)cn2)c1. The van der Waals surface area contributed by atoms with E-state index in [0.29, 0.717) is 6.54 Å². The summed E-state index contributed by atoms with van der Waals surface area (Å²) in [5.74, 6) is 0. The van der Waals surface area contributed by atoms with Crippen LogP contribution in [0, 0.1) is 13.8 Å². The zero-order chi connectivity index (χ0) is 12.3. The van der Waals surface area contributed by atoms with E-state index < -0.39 is 0 Å². The Bertz CT molecular complexity index is 500. The lowest BCUT2D eigenvalue weighted by Crippen LogP contribution is -2.03. The van der Waals surface area contributed by atoms with Gasteiger partial charge in [-0.15, -0.1) is 0 Å². The number of hydrogen-bond donors (Lipinski definition) is 1. The molecule has 2 rings (SSSR count). The smallest absolute Gasteiger partial charge is 0.0662 e. The average Bonchev–Trinajstić information content (AvgIpc) is 2.72. The van der Waals surface area contributed by atoms with Crippen LogP contribution >= 0.6 is 0 Å². The molecule has 0 unspecified atom stereocenters. The molecule has 0 spiro atoms. The number of aromatic nitrogens is 2. The number of hydrogen-bond acceptors (Lipinski definition) is 2. The molecule has 1 aromatic heterocycles. The maximum absolute atomic E-state index is 5.53. The molecule has 0 atom stereocenters. The summed E-state index contributed by atoms with van der Waals surface area (Å²) in [6.07, 6.45) is 4.87. The van der Waals surface area contributed by atoms with Gasteiger partial charge in [0.2, 0.25) is 0 Å². The topological polar surface area (TPSA) is 43.8 Å². The average molecular weight is 229 g/mol. The summed E-state index contributed by atoms with van der Waals surface area (Å²) in [6.45, 7) is 5.76. The highest BCUT2D eigenvalue weighted by atomic mass is 15.3. The van der Waals surface area contributed by atoms with Gasteiger partial charge in [-0.2, -0.15) is 5.10 Å². The predicted molar refractivity (Wildman–Crippen MR) is 70.0 cm³/mol. The lowest BCUT2D eigenvalue weighted by atomic mass is 10.1. The predicted octanol–water partition coefficient (Wildman–Crippen LogP) is 2.05. The molecule has 0 bridgehead atoms. The third-order valence-corrected chi connectivity index (χ3v) is 2.96. The van der Waals surface area contributed by atoms with Crippen LogP contribution in [0.15, 0.2) is 30.6 Å². The van der Waals surface area contributed by atoms with Gasteiger partial charge in [-0.05, 0) is 43.5 Å². The van der Waals surface area contributed by atoms with Gasteiger partial charge in [-0.1, -0.05) is 23.8 Å². The van der Waals surface area contributed by atoms with Crippen molar-refractivity contribution in [1.82, 2.24) is 9.78 Å². The summed E-state index contributed by atoms with van der Waals surface area (Å²) >= 11 is 0. The number of nitrogens with zero attached hydrogens (tertiary/aromatic N) is 2. The van der Waals surface area contributed by atoms with Gasteiger partial charge in [0.25, 0.3) is 0 Å². The summed E-state index contributed by atoms with van der Waals surface area (Å²) in [5.41, 5.74) is 10.7. The zero-order valence-electron chi connectivity index (χ0n) is 10.5. The van der Waals surface area contributed by atoms with E-state index in [2.05, 4.69) is 43.3 Å². The highest BCUT2D eigenvalue weighted by Crippen LogP contribution is 2.12. The lowest BCUT2D eigenvalue weighted by Gasteiger charge is -2.07. The van der Waals surface area contributed by atoms with E-state index in [-0.39, 0.29) is 0 Å². The van der Waals surface area contributed by atoms with Gasteiger partial charge in [-0.3, -0.25) is 4.68 Å². The molecule has 1 aromatic carbocycles. The molecule has 3 heteroatoms. The van der Waals surface area contributed by atoms with Crippen LogP contribution in [-0.2, 0) is 13.0 Å². The molecule has 17 heavy (non-hydrogen) atoms. The Morgan fingerprint density at radius 3 is 2.88 bits per heavy atom. The monoisotopic (exact) mass is 229 g/mol. The molecule has 0 fully saturated rings. The van der Waals surface area contributed by atoms with E-state index in [1.165, 1.54) is 22.3 Å². The van der Waals surface area contributed by atoms with Crippen molar-refractivity contribution < 1.29 is 0 Å². The van der Waals surface area contributed by atoms with Gasteiger partial charge < -0.3 is 5.73 Å². The van der Waals surface area contributed by atoms with Crippen LogP contribution in [0.5, 0.6) is 0 Å². The minimum atomic E-state index is 0.676. The summed E-state index contributed by atoms with van der Waals surface area (Å²) in [6, 6.07) is 6.52. The number of aryl methyl sites for hydroxylation is 2. The standard InChI is InChI=1S/C14H19N3/c1-11-3-4-12(2)14(7-11)10-17-9-13(5-6-15)8-16-17/h3-4,7-9H,5-6,10,15H2,1-2H3. The molecule has 0 saturated heterocycles. The van der Waals surface area contributed by atoms with Crippen molar-refractivity contribution in [1.29, 1.82) is 0 Å². The van der Waals surface area contributed by atoms with E-state index >= 15 is 0 Å². The molecule has 0 radical (unpaired) electrons. The first kappa shape index (κ1) is 11.9. The van der Waals surface area contributed by atoms with Crippen molar-refractivity contribution in [2.45, 2.75) is 26.8 Å². The Hall–Kier alpha value is -1.61. The molecule has 0 aliphatic carbocycles. The zero-order valence-corrected chi connectivity index (χ0v) is 10.5. The number of benzene rings is 1. The van der Waals surface area contributed by atoms with Gasteiger partial charge >= 0.3 is 0 Å². The molecule has 2 N–H and O–H groups in total. The van der Waals surface area contributed by atoms with Crippen molar-refractivity contribution in [3.05, 3.63) is 52.8 Å². The summed E-state index contributed by atoms with van der Waals surface area (Å²) in [7, 11) is 0. The van der Waals surface area contributed by atoms with E-state index in [4.69, 9.17) is 5.73 Å². The quantitative estimate of drug-likeness (QED) is 0.872. The lowest BCUT2D eigenvalue weighted by molar-refractivity contribution is 0.683. The minimum absolute atomic E-state index is 0.676. The fraction of sp³-hybridized carbons (Fsp3) is 0.357. The van der Waals surface area contributed by atoms with Crippen LogP contribution in [0.3, 0.4) is 0 Å². The van der Waals surface area contributed by atoms with Gasteiger partial charge in [0.15, 0.2) is 0 Å². The molecular formula is C14H19N3. The largest absolute Gasteiger partial charge is 0.330 e. The van der Waals surface area contributed by atoms with Crippen LogP contribution < -0.4 is 5.73 Å². The Labute approximate surface area is 102 Å². The first-order valence-electron chi connectivity index (χ1n) is 5.96. The molecular weight excluding hydrogens is 210 g/mol. The summed E-state index contributed by atoms with van der Waals surface area (Å²) < 4.78 is 1.98. The van der Waals surface area contributed by atoms with Crippen LogP contribution in [0.25, 0.3) is 0 Å². The molecule has 1 heterocycles. The van der Waals surface area contributed by atoms with Gasteiger partial charge in [0, 0.05) is 6.20 Å². The Balaban J connectivity index is 2.16. The maximum Gasteiger partial charge on any atom is 0.0662 e. The van der Waals surface area contributed by atoms with Crippen LogP contribution in [0.4, 0.5) is 0 Å². The molecule has 2 aromatic rings. The molecule has 0 amide bonds. The second-order valence-electron chi connectivity index (χ2n) is 4.51. The first-order valence-corrected chi connectivity index (χ1v) is 5.96. The van der Waals surface area contributed by atoms with Crippen molar-refractivity contribution in [3.8, 4) is 0 Å². The van der Waals surface area contributed by atoms with Crippen LogP contribution in [0.2, 0.25) is 0 Å². The Kier molecular flexibility index (Phi) is 3.59. The minimum Gasteiger partial charge on any atom is -0.330 e. The fourth-order valence-corrected chi connectivity index (χ4v) is 1.93. The highest BCUT2D eigenvalue weighted by Gasteiger charge is 2.02. The molecule has 3 nitrogen and oxygen atoms in total. The van der Waals surface area contributed by atoms with E-state index in [1.807, 2.05) is 10.9 Å². The van der Waals surface area contributed by atoms with Gasteiger partial charge in [-0.25, -0.2) is 0 Å². The van der Waals surface area contributed by atoms with Gasteiger partial charge in [0.1, 0.15) is 0 Å². The highest BCUT2D eigenvalue weighted by molar-refractivity contribution is 5.30. The molecule has 0 aliphatic heterocycles. The van der Waals surface area contributed by atoms with E-state index in [9.17, 15) is 0 Å². The summed E-state index contributed by atoms with van der Waals surface area (Å²) in [4.78, 5) is 0. The second kappa shape index (κ2) is 5.15. The molecule has 0 saturated carbocycles. The number of rotatable bonds is 4. The van der Waals surface area contributed by atoms with Crippen molar-refractivity contribution in [2.75, 3.05) is 6.54 Å². The van der Waals surface area contributed by atoms with Crippen molar-refractivity contribution >= 4 is 0 Å². The van der Waals surface area contributed by atoms with Crippen LogP contribution in [0.1, 0.15) is 22.3 Å². The Morgan fingerprint density at radius 2 is 2.12 bits per heavy atom. The molecule has 0 aliphatic rings. The third-order valence-electron chi connectivity index (χ3n) is 2.96. The van der Waals surface area contributed by atoms with Crippen molar-refractivity contribution in [2.24, 2.45) is 5.73 Å². The normalized spacial score (nSPS) is 10.8. The van der Waals surface area contributed by atoms with Crippen LogP contribution in [-0.4, -0.2) is 16.3 Å². The number of nitrogens with two attached hydrogens (primary N) is 1. The molecule has 90 valence electrons. The van der Waals surface area contributed by atoms with E-state index in [1.54, 1.807) is 0 Å². The Morgan fingerprint density at radius 1 is 1.29 bits per heavy atom. The summed E-state index contributed by atoms with van der Waals surface area (Å²) in [5, 5.41) is 4.36.